The molecule has 12 nitrogen and oxygen atoms in total. The third kappa shape index (κ3) is 14.9. The molecule has 23 heavy (non-hydrogen) atoms. The second kappa shape index (κ2) is 8.65. The van der Waals surface area contributed by atoms with E-state index in [1.165, 1.54) is 0 Å². The Balaban J connectivity index is 4.09. The monoisotopic (exact) mass is 420 g/mol. The average Bonchev–Trinajstić information content (AvgIpc) is 2.32. The minimum atomic E-state index is -4.46. The summed E-state index contributed by atoms with van der Waals surface area (Å²) in [6.07, 6.45) is -0.212. The van der Waals surface area contributed by atoms with Gasteiger partial charge in [0.2, 0.25) is 0 Å². The summed E-state index contributed by atoms with van der Waals surface area (Å²) in [5.41, 5.74) is 0. The van der Waals surface area contributed by atoms with Gasteiger partial charge in [-0.05, 0) is 6.42 Å². The van der Waals surface area contributed by atoms with E-state index in [-0.39, 0.29) is 6.42 Å². The van der Waals surface area contributed by atoms with Gasteiger partial charge >= 0.3 is 0 Å². The van der Waals surface area contributed by atoms with Crippen LogP contribution in [0.25, 0.3) is 0 Å². The molecule has 0 atom stereocenters. The molecule has 0 fully saturated rings. The van der Waals surface area contributed by atoms with Crippen molar-refractivity contribution in [1.82, 2.24) is 0 Å². The number of rotatable bonds is 12. The molecule has 2 N–H and O–H groups in total. The van der Waals surface area contributed by atoms with Crippen LogP contribution < -0.4 is 0 Å². The Hall–Kier alpha value is -0.360. The summed E-state index contributed by atoms with van der Waals surface area (Å²) in [7, 11) is -17.4. The molecule has 0 aliphatic rings. The number of hydrogen-bond acceptors (Lipinski definition) is 10. The highest BCUT2D eigenvalue weighted by Crippen LogP contribution is 2.01. The topological polar surface area (TPSA) is 195 Å². The van der Waals surface area contributed by atoms with E-state index >= 15 is 0 Å². The fourth-order valence-electron chi connectivity index (χ4n) is 0.963. The fraction of sp³-hybridized carbons (Fsp3) is 1.00. The Morgan fingerprint density at radius 3 is 1.13 bits per heavy atom. The van der Waals surface area contributed by atoms with Gasteiger partial charge in [-0.25, -0.2) is 0 Å². The second-order valence-electron chi connectivity index (χ2n) is 4.09. The first kappa shape index (κ1) is 22.6. The van der Waals surface area contributed by atoms with E-state index in [1.54, 1.807) is 0 Å². The van der Waals surface area contributed by atoms with Crippen LogP contribution in [-0.2, 0) is 48.8 Å². The molecule has 0 aliphatic heterocycles. The van der Waals surface area contributed by atoms with Gasteiger partial charge in [0.15, 0.2) is 0 Å². The molecule has 0 rings (SSSR count). The van der Waals surface area contributed by atoms with Crippen LogP contribution in [0.15, 0.2) is 0 Å². The molecule has 0 saturated carbocycles. The Morgan fingerprint density at radius 1 is 0.565 bits per heavy atom. The lowest BCUT2D eigenvalue weighted by Gasteiger charge is -2.06. The van der Waals surface area contributed by atoms with Crippen molar-refractivity contribution in [2.24, 2.45) is 0 Å². The van der Waals surface area contributed by atoms with E-state index in [0.717, 1.165) is 0 Å². The first-order valence-electron chi connectivity index (χ1n) is 5.76. The Morgan fingerprint density at radius 2 is 0.870 bits per heavy atom. The van der Waals surface area contributed by atoms with Crippen molar-refractivity contribution in [2.45, 2.75) is 6.42 Å². The van der Waals surface area contributed by atoms with E-state index in [1.807, 2.05) is 0 Å². The third-order valence-corrected chi connectivity index (χ3v) is 6.41. The van der Waals surface area contributed by atoms with Crippen LogP contribution >= 0.6 is 0 Å². The fourth-order valence-corrected chi connectivity index (χ4v) is 5.26. The first-order chi connectivity index (χ1) is 10.1. The van der Waals surface area contributed by atoms with Gasteiger partial charge in [-0.3, -0.25) is 17.5 Å². The van der Waals surface area contributed by atoms with Crippen molar-refractivity contribution in [2.75, 3.05) is 36.2 Å². The van der Waals surface area contributed by atoms with Crippen molar-refractivity contribution < 1.29 is 51.1 Å². The molecule has 0 unspecified atom stereocenters. The normalized spacial score (nSPS) is 14.0. The van der Waals surface area contributed by atoms with Gasteiger partial charge in [-0.1, -0.05) is 0 Å². The van der Waals surface area contributed by atoms with Crippen molar-refractivity contribution in [3.8, 4) is 0 Å². The SMILES string of the molecule is O=S(=O)(O)CCS(=O)(=O)OCCCOS(=O)(=O)CCS(=O)(=O)O. The van der Waals surface area contributed by atoms with Crippen molar-refractivity contribution >= 4 is 40.5 Å². The van der Waals surface area contributed by atoms with Gasteiger partial charge in [0.05, 0.1) is 36.2 Å². The molecule has 0 radical (unpaired) electrons. The Labute approximate surface area is 134 Å². The van der Waals surface area contributed by atoms with Crippen LogP contribution in [0.4, 0.5) is 0 Å². The zero-order valence-electron chi connectivity index (χ0n) is 11.6. The molecule has 0 aromatic heterocycles. The summed E-state index contributed by atoms with van der Waals surface area (Å²) >= 11 is 0. The zero-order chi connectivity index (χ0) is 18.4. The minimum Gasteiger partial charge on any atom is -0.286 e. The van der Waals surface area contributed by atoms with E-state index < -0.39 is 76.7 Å². The summed E-state index contributed by atoms with van der Waals surface area (Å²) in [4.78, 5) is 0. The molecule has 140 valence electrons. The predicted octanol–water partition coefficient (Wildman–Crippen LogP) is -2.16. The van der Waals surface area contributed by atoms with Gasteiger partial charge in [0, 0.05) is 0 Å². The smallest absolute Gasteiger partial charge is 0.268 e. The quantitative estimate of drug-likeness (QED) is 0.197. The van der Waals surface area contributed by atoms with Crippen LogP contribution in [0.2, 0.25) is 0 Å². The maximum absolute atomic E-state index is 11.2. The van der Waals surface area contributed by atoms with Crippen molar-refractivity contribution in [1.29, 1.82) is 0 Å². The van der Waals surface area contributed by atoms with E-state index in [2.05, 4.69) is 8.37 Å². The van der Waals surface area contributed by atoms with Crippen LogP contribution in [-0.4, -0.2) is 79.0 Å². The average molecular weight is 420 g/mol. The van der Waals surface area contributed by atoms with Crippen LogP contribution in [0.1, 0.15) is 6.42 Å². The second-order valence-corrected chi connectivity index (χ2v) is 10.8. The summed E-state index contributed by atoms with van der Waals surface area (Å²) in [5, 5.41) is 0. The summed E-state index contributed by atoms with van der Waals surface area (Å²) in [5.74, 6) is -4.04. The van der Waals surface area contributed by atoms with Gasteiger partial charge in [0.1, 0.15) is 0 Å². The largest absolute Gasteiger partial charge is 0.286 e. The molecule has 0 spiro atoms. The Kier molecular flexibility index (Phi) is 8.52. The van der Waals surface area contributed by atoms with Gasteiger partial charge in [-0.2, -0.15) is 33.7 Å². The maximum Gasteiger partial charge on any atom is 0.268 e. The number of hydrogen-bond donors (Lipinski definition) is 2. The van der Waals surface area contributed by atoms with Crippen LogP contribution in [0.3, 0.4) is 0 Å². The van der Waals surface area contributed by atoms with E-state index in [9.17, 15) is 33.7 Å². The molecular formula is C7H16O12S4. The van der Waals surface area contributed by atoms with Crippen molar-refractivity contribution in [3.05, 3.63) is 0 Å². The molecule has 16 heteroatoms. The molecule has 0 aromatic carbocycles. The highest BCUT2D eigenvalue weighted by molar-refractivity contribution is 7.90. The Bertz CT molecular complexity index is 704. The molecule has 0 bridgehead atoms. The highest BCUT2D eigenvalue weighted by atomic mass is 32.2. The third-order valence-electron chi connectivity index (χ3n) is 2.00. The molecule has 0 amide bonds. The summed E-state index contributed by atoms with van der Waals surface area (Å²) < 4.78 is 112. The minimum absolute atomic E-state index is 0.212. The lowest BCUT2D eigenvalue weighted by molar-refractivity contribution is 0.254. The maximum atomic E-state index is 11.2. The molecule has 0 saturated heterocycles. The van der Waals surface area contributed by atoms with E-state index in [0.29, 0.717) is 0 Å². The van der Waals surface area contributed by atoms with Crippen LogP contribution in [0.5, 0.6) is 0 Å². The summed E-state index contributed by atoms with van der Waals surface area (Å²) in [6, 6.07) is 0. The zero-order valence-corrected chi connectivity index (χ0v) is 14.8. The molecule has 0 heterocycles. The van der Waals surface area contributed by atoms with Gasteiger partial charge < -0.3 is 0 Å². The molecule has 0 aromatic rings. The van der Waals surface area contributed by atoms with Gasteiger partial charge in [0.25, 0.3) is 40.5 Å². The summed E-state index contributed by atoms with van der Waals surface area (Å²) in [6.45, 7) is -1.02. The highest BCUT2D eigenvalue weighted by Gasteiger charge is 2.18. The first-order valence-corrected chi connectivity index (χ1v) is 12.1. The van der Waals surface area contributed by atoms with Gasteiger partial charge in [-0.15, -0.1) is 0 Å². The predicted molar refractivity (Wildman–Crippen MR) is 76.9 cm³/mol. The van der Waals surface area contributed by atoms with E-state index in [4.69, 9.17) is 9.11 Å². The lowest BCUT2D eigenvalue weighted by Crippen LogP contribution is -2.21. The van der Waals surface area contributed by atoms with Crippen LogP contribution in [0, 0.1) is 0 Å². The van der Waals surface area contributed by atoms with Crippen molar-refractivity contribution in [3.63, 3.8) is 0 Å². The lowest BCUT2D eigenvalue weighted by atomic mass is 10.5. The molecule has 0 aliphatic carbocycles. The molecular weight excluding hydrogens is 404 g/mol. The standard InChI is InChI=1S/C7H16O12S4/c8-20(9,10)4-6-22(14,15)18-2-1-3-19-23(16,17)7-5-21(11,12)13/h1-7H2,(H,8,9,10)(H,11,12,13).